The van der Waals surface area contributed by atoms with Gasteiger partial charge >= 0.3 is 0 Å². The molecule has 24 heavy (non-hydrogen) atoms. The first kappa shape index (κ1) is 15.4. The number of benzene rings is 1. The molecule has 0 radical (unpaired) electrons. The summed E-state index contributed by atoms with van der Waals surface area (Å²) in [7, 11) is 3.75. The Kier molecular flexibility index (Phi) is 3.88. The molecule has 3 fully saturated rings. The minimum atomic E-state index is 0.108. The topological polar surface area (TPSA) is 45.7 Å². The van der Waals surface area contributed by atoms with E-state index in [1.807, 2.05) is 24.3 Å². The number of rotatable bonds is 2. The molecule has 5 heteroatoms. The molecule has 2 bridgehead atoms. The van der Waals surface area contributed by atoms with Gasteiger partial charge in [0.05, 0.1) is 18.2 Å². The van der Waals surface area contributed by atoms with E-state index in [9.17, 15) is 4.79 Å². The zero-order valence-electron chi connectivity index (χ0n) is 14.2. The normalized spacial score (nSPS) is 24.2. The molecule has 1 aromatic carbocycles. The Labute approximate surface area is 142 Å². The van der Waals surface area contributed by atoms with Crippen molar-refractivity contribution in [1.82, 2.24) is 14.8 Å². The summed E-state index contributed by atoms with van der Waals surface area (Å²) in [6.07, 6.45) is 2.32. The Morgan fingerprint density at radius 1 is 1.21 bits per heavy atom. The number of hydrogen-bond acceptors (Lipinski definition) is 4. The SMILES string of the molecule is COc1cc(C(=O)N2C[C@H]3CC[C@@H]2CN(C)C3)c2ccccc2n1. The highest BCUT2D eigenvalue weighted by atomic mass is 16.5. The molecule has 1 amide bonds. The molecule has 0 spiro atoms. The number of piperidine rings is 1. The van der Waals surface area contributed by atoms with Gasteiger partial charge in [0.2, 0.25) is 5.88 Å². The molecular weight excluding hydrogens is 302 g/mol. The Morgan fingerprint density at radius 2 is 2.04 bits per heavy atom. The van der Waals surface area contributed by atoms with Crippen LogP contribution in [0.5, 0.6) is 5.88 Å². The smallest absolute Gasteiger partial charge is 0.255 e. The standard InChI is InChI=1S/C19H23N3O2/c1-21-10-13-7-8-14(12-21)22(11-13)19(23)16-9-18(24-2)20-17-6-4-3-5-15(16)17/h3-6,9,13-14H,7-8,10-12H2,1-2H3/t13-,14+/m0/s1. The van der Waals surface area contributed by atoms with Crippen molar-refractivity contribution in [2.45, 2.75) is 18.9 Å². The summed E-state index contributed by atoms with van der Waals surface area (Å²) in [5.74, 6) is 1.18. The second-order valence-corrected chi connectivity index (χ2v) is 7.01. The van der Waals surface area contributed by atoms with Crippen LogP contribution in [0.2, 0.25) is 0 Å². The average molecular weight is 325 g/mol. The molecular formula is C19H23N3O2. The number of pyridine rings is 1. The average Bonchev–Trinajstić information content (AvgIpc) is 2.88. The van der Waals surface area contributed by atoms with Crippen molar-refractivity contribution in [2.24, 2.45) is 5.92 Å². The Balaban J connectivity index is 1.75. The molecule has 0 aliphatic carbocycles. The third kappa shape index (κ3) is 2.63. The first-order valence-electron chi connectivity index (χ1n) is 8.59. The molecule has 5 nitrogen and oxygen atoms in total. The van der Waals surface area contributed by atoms with Crippen LogP contribution >= 0.6 is 0 Å². The number of carbonyl (C=O) groups excluding carboxylic acids is 1. The molecule has 4 heterocycles. The van der Waals surface area contributed by atoms with Gasteiger partial charge in [0.1, 0.15) is 0 Å². The second kappa shape index (κ2) is 6.06. The molecule has 0 saturated carbocycles. The minimum absolute atomic E-state index is 0.108. The Bertz CT molecular complexity index is 776. The summed E-state index contributed by atoms with van der Waals surface area (Å²) < 4.78 is 5.31. The van der Waals surface area contributed by atoms with E-state index in [0.29, 0.717) is 23.4 Å². The number of para-hydroxylation sites is 1. The lowest BCUT2D eigenvalue weighted by Crippen LogP contribution is -2.47. The molecule has 3 aliphatic rings. The monoisotopic (exact) mass is 325 g/mol. The molecule has 1 aromatic heterocycles. The van der Waals surface area contributed by atoms with Crippen LogP contribution in [-0.2, 0) is 0 Å². The van der Waals surface area contributed by atoms with Gasteiger partial charge < -0.3 is 14.5 Å². The van der Waals surface area contributed by atoms with Crippen molar-refractivity contribution in [3.05, 3.63) is 35.9 Å². The summed E-state index contributed by atoms with van der Waals surface area (Å²) in [5, 5.41) is 0.900. The number of hydrogen-bond donors (Lipinski definition) is 0. The van der Waals surface area contributed by atoms with Crippen LogP contribution in [0.15, 0.2) is 30.3 Å². The van der Waals surface area contributed by atoms with Crippen LogP contribution in [0.3, 0.4) is 0 Å². The number of ether oxygens (including phenoxy) is 1. The highest BCUT2D eigenvalue weighted by Gasteiger charge is 2.36. The van der Waals surface area contributed by atoms with Gasteiger partial charge in [-0.05, 0) is 31.9 Å². The molecule has 3 aliphatic heterocycles. The highest BCUT2D eigenvalue weighted by molar-refractivity contribution is 6.06. The number of aromatic nitrogens is 1. The maximum Gasteiger partial charge on any atom is 0.255 e. The van der Waals surface area contributed by atoms with E-state index in [0.717, 1.165) is 37.0 Å². The van der Waals surface area contributed by atoms with Crippen molar-refractivity contribution < 1.29 is 9.53 Å². The lowest BCUT2D eigenvalue weighted by molar-refractivity contribution is 0.0588. The van der Waals surface area contributed by atoms with Gasteiger partial charge in [-0.3, -0.25) is 4.79 Å². The van der Waals surface area contributed by atoms with Gasteiger partial charge in [-0.1, -0.05) is 18.2 Å². The number of methoxy groups -OCH3 is 1. The van der Waals surface area contributed by atoms with Crippen LogP contribution < -0.4 is 4.74 Å². The summed E-state index contributed by atoms with van der Waals surface area (Å²) in [4.78, 5) is 22.3. The third-order valence-corrected chi connectivity index (χ3v) is 5.29. The minimum Gasteiger partial charge on any atom is -0.481 e. The third-order valence-electron chi connectivity index (χ3n) is 5.29. The fraction of sp³-hybridized carbons (Fsp3) is 0.474. The van der Waals surface area contributed by atoms with Crippen molar-refractivity contribution in [1.29, 1.82) is 0 Å². The molecule has 3 saturated heterocycles. The number of amides is 1. The van der Waals surface area contributed by atoms with Crippen LogP contribution in [0.4, 0.5) is 0 Å². The zero-order chi connectivity index (χ0) is 16.7. The highest BCUT2D eigenvalue weighted by Crippen LogP contribution is 2.30. The summed E-state index contributed by atoms with van der Waals surface area (Å²) >= 11 is 0. The number of fused-ring (bicyclic) bond motifs is 5. The van der Waals surface area contributed by atoms with Gasteiger partial charge in [-0.15, -0.1) is 0 Å². The lowest BCUT2D eigenvalue weighted by Gasteiger charge is -2.36. The van der Waals surface area contributed by atoms with Gasteiger partial charge in [0, 0.05) is 37.1 Å². The maximum atomic E-state index is 13.4. The van der Waals surface area contributed by atoms with E-state index >= 15 is 0 Å². The lowest BCUT2D eigenvalue weighted by atomic mass is 9.94. The molecule has 2 aromatic rings. The van der Waals surface area contributed by atoms with Crippen molar-refractivity contribution in [3.63, 3.8) is 0 Å². The molecule has 2 atom stereocenters. The fourth-order valence-corrected chi connectivity index (χ4v) is 4.15. The van der Waals surface area contributed by atoms with Crippen LogP contribution in [0.25, 0.3) is 10.9 Å². The number of nitrogens with zero attached hydrogens (tertiary/aromatic N) is 3. The van der Waals surface area contributed by atoms with Crippen molar-refractivity contribution >= 4 is 16.8 Å². The molecule has 0 unspecified atom stereocenters. The number of carbonyl (C=O) groups is 1. The van der Waals surface area contributed by atoms with E-state index < -0.39 is 0 Å². The fourth-order valence-electron chi connectivity index (χ4n) is 4.15. The Hall–Kier alpha value is -2.14. The molecule has 5 rings (SSSR count). The van der Waals surface area contributed by atoms with Gasteiger partial charge in [-0.25, -0.2) is 4.98 Å². The zero-order valence-corrected chi connectivity index (χ0v) is 14.2. The van der Waals surface area contributed by atoms with Gasteiger partial charge in [0.25, 0.3) is 5.91 Å². The summed E-state index contributed by atoms with van der Waals surface area (Å²) in [5.41, 5.74) is 1.50. The van der Waals surface area contributed by atoms with E-state index in [2.05, 4.69) is 21.8 Å². The molecule has 0 N–H and O–H groups in total. The predicted octanol–water partition coefficient (Wildman–Crippen LogP) is 2.41. The van der Waals surface area contributed by atoms with E-state index in [1.54, 1.807) is 13.2 Å². The summed E-state index contributed by atoms with van der Waals surface area (Å²) in [6, 6.07) is 9.88. The molecule has 126 valence electrons. The number of likely N-dealkylation sites (N-methyl/N-ethyl adjacent to an activating group) is 1. The van der Waals surface area contributed by atoms with E-state index in [4.69, 9.17) is 4.74 Å². The van der Waals surface area contributed by atoms with Crippen LogP contribution in [0.1, 0.15) is 23.2 Å². The first-order valence-corrected chi connectivity index (χ1v) is 8.59. The van der Waals surface area contributed by atoms with Crippen molar-refractivity contribution in [3.8, 4) is 5.88 Å². The van der Waals surface area contributed by atoms with E-state index in [1.165, 1.54) is 6.42 Å². The first-order chi connectivity index (χ1) is 11.7. The van der Waals surface area contributed by atoms with Crippen LogP contribution in [0, 0.1) is 5.92 Å². The van der Waals surface area contributed by atoms with Gasteiger partial charge in [0.15, 0.2) is 0 Å². The van der Waals surface area contributed by atoms with E-state index in [-0.39, 0.29) is 5.91 Å². The Morgan fingerprint density at radius 3 is 2.88 bits per heavy atom. The van der Waals surface area contributed by atoms with Crippen molar-refractivity contribution in [2.75, 3.05) is 33.8 Å². The van der Waals surface area contributed by atoms with Gasteiger partial charge in [-0.2, -0.15) is 0 Å². The van der Waals surface area contributed by atoms with Crippen LogP contribution in [-0.4, -0.2) is 60.5 Å². The summed E-state index contributed by atoms with van der Waals surface area (Å²) in [6.45, 7) is 2.90. The predicted molar refractivity (Wildman–Crippen MR) is 93.3 cm³/mol. The largest absolute Gasteiger partial charge is 0.481 e. The second-order valence-electron chi connectivity index (χ2n) is 7.01. The quantitative estimate of drug-likeness (QED) is 0.851. The maximum absolute atomic E-state index is 13.4.